The van der Waals surface area contributed by atoms with Crippen molar-refractivity contribution in [3.05, 3.63) is 29.3 Å². The number of nitrogens with one attached hydrogen (secondary N) is 1. The normalized spacial score (nSPS) is 19.4. The van der Waals surface area contributed by atoms with E-state index in [0.717, 1.165) is 25.3 Å². The molecule has 0 saturated heterocycles. The van der Waals surface area contributed by atoms with E-state index >= 15 is 0 Å². The summed E-state index contributed by atoms with van der Waals surface area (Å²) in [7, 11) is 1.73. The third kappa shape index (κ3) is 2.22. The van der Waals surface area contributed by atoms with Crippen molar-refractivity contribution in [1.29, 1.82) is 0 Å². The first-order chi connectivity index (χ1) is 7.63. The van der Waals surface area contributed by atoms with Crippen LogP contribution in [0.15, 0.2) is 18.2 Å². The molecule has 1 aliphatic rings. The fourth-order valence-electron chi connectivity index (χ4n) is 2.45. The Hall–Kier alpha value is -1.02. The average Bonchev–Trinajstić information content (AvgIpc) is 2.26. The summed E-state index contributed by atoms with van der Waals surface area (Å²) in [5.74, 6) is 0.968. The maximum atomic E-state index is 5.30. The number of rotatable bonds is 1. The highest BCUT2D eigenvalue weighted by Crippen LogP contribution is 2.32. The Bertz CT molecular complexity index is 371. The van der Waals surface area contributed by atoms with Crippen molar-refractivity contribution in [2.75, 3.05) is 20.2 Å². The molecule has 1 heterocycles. The zero-order chi connectivity index (χ0) is 11.6. The van der Waals surface area contributed by atoms with Crippen LogP contribution in [0, 0.1) is 0 Å². The smallest absolute Gasteiger partial charge is 0.119 e. The van der Waals surface area contributed by atoms with Crippen LogP contribution in [0.25, 0.3) is 0 Å². The summed E-state index contributed by atoms with van der Waals surface area (Å²) in [6.45, 7) is 6.82. The van der Waals surface area contributed by atoms with Gasteiger partial charge in [-0.15, -0.1) is 0 Å². The van der Waals surface area contributed by atoms with E-state index in [9.17, 15) is 0 Å². The maximum Gasteiger partial charge on any atom is 0.119 e. The quantitative estimate of drug-likeness (QED) is 0.783. The molecule has 1 aromatic rings. The van der Waals surface area contributed by atoms with Gasteiger partial charge >= 0.3 is 0 Å². The molecule has 0 aromatic heterocycles. The highest BCUT2D eigenvalue weighted by Gasteiger charge is 2.24. The molecule has 0 aliphatic carbocycles. The van der Waals surface area contributed by atoms with Gasteiger partial charge in [-0.2, -0.15) is 0 Å². The fraction of sp³-hybridized carbons (Fsp3) is 0.571. The predicted octanol–water partition coefficient (Wildman–Crippen LogP) is 2.51. The van der Waals surface area contributed by atoms with Gasteiger partial charge in [0.15, 0.2) is 0 Å². The summed E-state index contributed by atoms with van der Waals surface area (Å²) >= 11 is 0. The van der Waals surface area contributed by atoms with E-state index in [2.05, 4.69) is 37.4 Å². The second-order valence-corrected chi connectivity index (χ2v) is 5.16. The fourth-order valence-corrected chi connectivity index (χ4v) is 2.45. The van der Waals surface area contributed by atoms with Gasteiger partial charge in [-0.1, -0.05) is 19.9 Å². The van der Waals surface area contributed by atoms with E-state index < -0.39 is 0 Å². The van der Waals surface area contributed by atoms with Crippen LogP contribution in [-0.2, 0) is 11.8 Å². The number of hydrogen-bond donors (Lipinski definition) is 1. The van der Waals surface area contributed by atoms with Crippen molar-refractivity contribution in [3.63, 3.8) is 0 Å². The Kier molecular flexibility index (Phi) is 3.20. The van der Waals surface area contributed by atoms with E-state index in [0.29, 0.717) is 0 Å². The standard InChI is InChI=1S/C14H21NO/c1-14(2)7-9-15-8-6-11-10-12(16-3)4-5-13(11)14/h4-5,10,15H,6-9H2,1-3H3. The minimum Gasteiger partial charge on any atom is -0.497 e. The van der Waals surface area contributed by atoms with Crippen molar-refractivity contribution in [3.8, 4) is 5.75 Å². The Morgan fingerprint density at radius 1 is 1.25 bits per heavy atom. The van der Waals surface area contributed by atoms with Gasteiger partial charge in [-0.3, -0.25) is 0 Å². The predicted molar refractivity (Wildman–Crippen MR) is 67.2 cm³/mol. The topological polar surface area (TPSA) is 21.3 Å². The maximum absolute atomic E-state index is 5.30. The van der Waals surface area contributed by atoms with Crippen LogP contribution in [0.2, 0.25) is 0 Å². The highest BCUT2D eigenvalue weighted by atomic mass is 16.5. The Balaban J connectivity index is 2.42. The van der Waals surface area contributed by atoms with Gasteiger partial charge in [-0.05, 0) is 54.6 Å². The lowest BCUT2D eigenvalue weighted by Gasteiger charge is -2.30. The van der Waals surface area contributed by atoms with Gasteiger partial charge in [-0.25, -0.2) is 0 Å². The molecular formula is C14H21NO. The molecule has 1 aromatic carbocycles. The lowest BCUT2D eigenvalue weighted by atomic mass is 9.77. The van der Waals surface area contributed by atoms with Crippen LogP contribution >= 0.6 is 0 Å². The van der Waals surface area contributed by atoms with Crippen molar-refractivity contribution in [2.45, 2.75) is 32.1 Å². The first-order valence-corrected chi connectivity index (χ1v) is 6.01. The molecule has 2 heteroatoms. The molecule has 0 saturated carbocycles. The first kappa shape index (κ1) is 11.5. The van der Waals surface area contributed by atoms with Crippen molar-refractivity contribution < 1.29 is 4.74 Å². The second kappa shape index (κ2) is 4.46. The van der Waals surface area contributed by atoms with Crippen molar-refractivity contribution in [1.82, 2.24) is 5.32 Å². The minimum atomic E-state index is 0.259. The summed E-state index contributed by atoms with van der Waals surface area (Å²) < 4.78 is 5.30. The third-order valence-electron chi connectivity index (χ3n) is 3.54. The Morgan fingerprint density at radius 2 is 2.06 bits per heavy atom. The van der Waals surface area contributed by atoms with Gasteiger partial charge in [0.2, 0.25) is 0 Å². The molecule has 0 atom stereocenters. The first-order valence-electron chi connectivity index (χ1n) is 6.01. The lowest BCUT2D eigenvalue weighted by molar-refractivity contribution is 0.409. The van der Waals surface area contributed by atoms with Crippen LogP contribution in [0.1, 0.15) is 31.4 Å². The molecule has 0 fully saturated rings. The van der Waals surface area contributed by atoms with E-state index in [1.54, 1.807) is 7.11 Å². The SMILES string of the molecule is COc1ccc2c(c1)CCNCCC2(C)C. The summed E-state index contributed by atoms with van der Waals surface area (Å²) in [6.07, 6.45) is 2.28. The number of ether oxygens (including phenoxy) is 1. The zero-order valence-corrected chi connectivity index (χ0v) is 10.5. The second-order valence-electron chi connectivity index (χ2n) is 5.16. The zero-order valence-electron chi connectivity index (χ0n) is 10.5. The van der Waals surface area contributed by atoms with Gasteiger partial charge in [0.25, 0.3) is 0 Å². The average molecular weight is 219 g/mol. The molecule has 0 radical (unpaired) electrons. The highest BCUT2D eigenvalue weighted by molar-refractivity contribution is 5.40. The van der Waals surface area contributed by atoms with Crippen LogP contribution in [0.4, 0.5) is 0 Å². The molecule has 1 aliphatic heterocycles. The molecular weight excluding hydrogens is 198 g/mol. The van der Waals surface area contributed by atoms with E-state index in [1.807, 2.05) is 0 Å². The van der Waals surface area contributed by atoms with Crippen LogP contribution < -0.4 is 10.1 Å². The van der Waals surface area contributed by atoms with E-state index in [-0.39, 0.29) is 5.41 Å². The number of fused-ring (bicyclic) bond motifs is 1. The minimum absolute atomic E-state index is 0.259. The van der Waals surface area contributed by atoms with E-state index in [4.69, 9.17) is 4.74 Å². The van der Waals surface area contributed by atoms with Gasteiger partial charge in [0, 0.05) is 0 Å². The molecule has 0 amide bonds. The molecule has 0 bridgehead atoms. The Morgan fingerprint density at radius 3 is 2.81 bits per heavy atom. The van der Waals surface area contributed by atoms with Gasteiger partial charge in [0.1, 0.15) is 5.75 Å². The summed E-state index contributed by atoms with van der Waals surface area (Å²) in [4.78, 5) is 0. The third-order valence-corrected chi connectivity index (χ3v) is 3.54. The van der Waals surface area contributed by atoms with Crippen LogP contribution in [-0.4, -0.2) is 20.2 Å². The summed E-state index contributed by atoms with van der Waals surface area (Å²) in [5, 5.41) is 3.48. The number of hydrogen-bond acceptors (Lipinski definition) is 2. The van der Waals surface area contributed by atoms with Gasteiger partial charge in [0.05, 0.1) is 7.11 Å². The molecule has 0 spiro atoms. The number of methoxy groups -OCH3 is 1. The number of benzene rings is 1. The van der Waals surface area contributed by atoms with Crippen LogP contribution in [0.5, 0.6) is 5.75 Å². The Labute approximate surface area is 98.0 Å². The van der Waals surface area contributed by atoms with Crippen molar-refractivity contribution >= 4 is 0 Å². The molecule has 2 rings (SSSR count). The molecule has 1 N–H and O–H groups in total. The molecule has 88 valence electrons. The monoisotopic (exact) mass is 219 g/mol. The molecule has 2 nitrogen and oxygen atoms in total. The van der Waals surface area contributed by atoms with Gasteiger partial charge < -0.3 is 10.1 Å². The molecule has 0 unspecified atom stereocenters. The van der Waals surface area contributed by atoms with E-state index in [1.165, 1.54) is 17.5 Å². The molecule has 16 heavy (non-hydrogen) atoms. The lowest BCUT2D eigenvalue weighted by Crippen LogP contribution is -2.31. The summed E-state index contributed by atoms with van der Waals surface area (Å²) in [5.41, 5.74) is 3.17. The largest absolute Gasteiger partial charge is 0.497 e. The van der Waals surface area contributed by atoms with Crippen LogP contribution in [0.3, 0.4) is 0 Å². The summed E-state index contributed by atoms with van der Waals surface area (Å²) in [6, 6.07) is 6.50. The van der Waals surface area contributed by atoms with Crippen molar-refractivity contribution in [2.24, 2.45) is 0 Å².